The number of likely N-dealkylation sites (N-methyl/N-ethyl adjacent to an activating group) is 1. The molecule has 1 aliphatic rings. The van der Waals surface area contributed by atoms with Crippen molar-refractivity contribution in [3.05, 3.63) is 47.1 Å². The molecular formula is C19H32N2O. The summed E-state index contributed by atoms with van der Waals surface area (Å²) in [4.78, 5) is 2.26. The van der Waals surface area contributed by atoms with Gasteiger partial charge in [0.1, 0.15) is 0 Å². The Balaban J connectivity index is 2.67. The molecule has 0 radical (unpaired) electrons. The maximum absolute atomic E-state index is 5.13. The summed E-state index contributed by atoms with van der Waals surface area (Å²) in [6, 6.07) is 0. The second-order valence-electron chi connectivity index (χ2n) is 6.17. The smallest absolute Gasteiger partial charge is 0.0589 e. The van der Waals surface area contributed by atoms with Gasteiger partial charge in [-0.2, -0.15) is 0 Å². The minimum absolute atomic E-state index is 0.759. The molecule has 1 fully saturated rings. The SMILES string of the molecule is C=C(C)C(=CC=C(C)C=C1CCNCC1)CN(C)CCOC. The van der Waals surface area contributed by atoms with Crippen LogP contribution in [0.3, 0.4) is 0 Å². The van der Waals surface area contributed by atoms with Crippen LogP contribution < -0.4 is 5.32 Å². The van der Waals surface area contributed by atoms with Gasteiger partial charge in [-0.05, 0) is 52.4 Å². The molecule has 1 heterocycles. The van der Waals surface area contributed by atoms with E-state index in [-0.39, 0.29) is 0 Å². The van der Waals surface area contributed by atoms with E-state index in [4.69, 9.17) is 4.74 Å². The fraction of sp³-hybridized carbons (Fsp3) is 0.579. The van der Waals surface area contributed by atoms with Gasteiger partial charge in [-0.25, -0.2) is 0 Å². The first-order chi connectivity index (χ1) is 10.5. The summed E-state index contributed by atoms with van der Waals surface area (Å²) in [6.07, 6.45) is 9.09. The zero-order chi connectivity index (χ0) is 16.4. The molecule has 0 saturated carbocycles. The van der Waals surface area contributed by atoms with Gasteiger partial charge in [0.05, 0.1) is 6.61 Å². The molecule has 1 saturated heterocycles. The molecule has 0 amide bonds. The first-order valence-corrected chi connectivity index (χ1v) is 8.14. The molecule has 0 aromatic heterocycles. The number of nitrogens with zero attached hydrogens (tertiary/aromatic N) is 1. The van der Waals surface area contributed by atoms with E-state index in [1.807, 2.05) is 0 Å². The van der Waals surface area contributed by atoms with Gasteiger partial charge in [-0.1, -0.05) is 41.5 Å². The third-order valence-electron chi connectivity index (χ3n) is 3.89. The number of hydrogen-bond acceptors (Lipinski definition) is 3. The Morgan fingerprint density at radius 1 is 1.27 bits per heavy atom. The van der Waals surface area contributed by atoms with Crippen LogP contribution in [0.2, 0.25) is 0 Å². The van der Waals surface area contributed by atoms with Crippen molar-refractivity contribution in [2.45, 2.75) is 26.7 Å². The van der Waals surface area contributed by atoms with Crippen LogP contribution in [0.25, 0.3) is 0 Å². The summed E-state index contributed by atoms with van der Waals surface area (Å²) in [7, 11) is 3.85. The van der Waals surface area contributed by atoms with Crippen molar-refractivity contribution in [1.82, 2.24) is 10.2 Å². The molecule has 124 valence electrons. The van der Waals surface area contributed by atoms with E-state index in [0.29, 0.717) is 0 Å². The molecule has 3 heteroatoms. The fourth-order valence-electron chi connectivity index (χ4n) is 2.44. The van der Waals surface area contributed by atoms with Gasteiger partial charge in [0.2, 0.25) is 0 Å². The van der Waals surface area contributed by atoms with Crippen LogP contribution in [-0.4, -0.2) is 51.8 Å². The molecule has 3 nitrogen and oxygen atoms in total. The molecule has 0 spiro atoms. The molecule has 0 aromatic rings. The Morgan fingerprint density at radius 2 is 1.95 bits per heavy atom. The van der Waals surface area contributed by atoms with Gasteiger partial charge in [0.15, 0.2) is 0 Å². The van der Waals surface area contributed by atoms with Crippen molar-refractivity contribution in [2.24, 2.45) is 0 Å². The normalized spacial score (nSPS) is 17.0. The van der Waals surface area contributed by atoms with E-state index in [2.05, 4.69) is 55.9 Å². The third kappa shape index (κ3) is 7.74. The zero-order valence-corrected chi connectivity index (χ0v) is 14.7. The highest BCUT2D eigenvalue weighted by Crippen LogP contribution is 2.14. The molecule has 1 aliphatic heterocycles. The molecule has 0 aromatic carbocycles. The lowest BCUT2D eigenvalue weighted by Gasteiger charge is -2.18. The topological polar surface area (TPSA) is 24.5 Å². The average molecular weight is 304 g/mol. The van der Waals surface area contributed by atoms with Crippen molar-refractivity contribution in [3.8, 4) is 0 Å². The Kier molecular flexibility index (Phi) is 9.05. The number of nitrogens with one attached hydrogen (secondary N) is 1. The van der Waals surface area contributed by atoms with E-state index in [1.54, 1.807) is 12.7 Å². The third-order valence-corrected chi connectivity index (χ3v) is 3.89. The fourth-order valence-corrected chi connectivity index (χ4v) is 2.44. The van der Waals surface area contributed by atoms with E-state index in [1.165, 1.54) is 24.0 Å². The van der Waals surface area contributed by atoms with Crippen molar-refractivity contribution >= 4 is 0 Å². The van der Waals surface area contributed by atoms with E-state index < -0.39 is 0 Å². The summed E-state index contributed by atoms with van der Waals surface area (Å²) in [5, 5.41) is 3.39. The van der Waals surface area contributed by atoms with E-state index in [0.717, 1.165) is 38.4 Å². The first kappa shape index (κ1) is 18.9. The van der Waals surface area contributed by atoms with E-state index in [9.17, 15) is 0 Å². The van der Waals surface area contributed by atoms with Gasteiger partial charge in [-0.15, -0.1) is 0 Å². The zero-order valence-electron chi connectivity index (χ0n) is 14.7. The highest BCUT2D eigenvalue weighted by molar-refractivity contribution is 5.35. The van der Waals surface area contributed by atoms with Crippen LogP contribution >= 0.6 is 0 Å². The molecule has 1 rings (SSSR count). The predicted molar refractivity (Wildman–Crippen MR) is 96.2 cm³/mol. The molecule has 1 N–H and O–H groups in total. The number of piperidine rings is 1. The maximum Gasteiger partial charge on any atom is 0.0589 e. The van der Waals surface area contributed by atoms with Crippen LogP contribution in [0.1, 0.15) is 26.7 Å². The van der Waals surface area contributed by atoms with Crippen LogP contribution in [-0.2, 0) is 4.74 Å². The minimum Gasteiger partial charge on any atom is -0.383 e. The summed E-state index contributed by atoms with van der Waals surface area (Å²) in [5.41, 5.74) is 5.27. The van der Waals surface area contributed by atoms with Gasteiger partial charge < -0.3 is 10.1 Å². The Labute approximate surface area is 136 Å². The van der Waals surface area contributed by atoms with Crippen LogP contribution in [0.4, 0.5) is 0 Å². The van der Waals surface area contributed by atoms with Crippen LogP contribution in [0.15, 0.2) is 47.1 Å². The van der Waals surface area contributed by atoms with Crippen LogP contribution in [0.5, 0.6) is 0 Å². The van der Waals surface area contributed by atoms with E-state index >= 15 is 0 Å². The molecule has 22 heavy (non-hydrogen) atoms. The number of allylic oxidation sites excluding steroid dienone is 4. The van der Waals surface area contributed by atoms with Crippen LogP contribution in [0, 0.1) is 0 Å². The molecule has 0 atom stereocenters. The Hall–Kier alpha value is -1.16. The largest absolute Gasteiger partial charge is 0.383 e. The first-order valence-electron chi connectivity index (χ1n) is 8.14. The number of methoxy groups -OCH3 is 1. The van der Waals surface area contributed by atoms with Gasteiger partial charge in [0, 0.05) is 20.2 Å². The summed E-state index contributed by atoms with van der Waals surface area (Å²) in [5.74, 6) is 0. The molecule has 0 aliphatic carbocycles. The van der Waals surface area contributed by atoms with Gasteiger partial charge in [-0.3, -0.25) is 4.90 Å². The molecule has 0 bridgehead atoms. The van der Waals surface area contributed by atoms with Gasteiger partial charge in [0.25, 0.3) is 0 Å². The lowest BCUT2D eigenvalue weighted by molar-refractivity contribution is 0.165. The second-order valence-corrected chi connectivity index (χ2v) is 6.17. The Bertz CT molecular complexity index is 438. The number of rotatable bonds is 8. The average Bonchev–Trinajstić information content (AvgIpc) is 2.50. The molecule has 0 unspecified atom stereocenters. The monoisotopic (exact) mass is 304 g/mol. The lowest BCUT2D eigenvalue weighted by atomic mass is 10.0. The quantitative estimate of drug-likeness (QED) is 0.696. The predicted octanol–water partition coefficient (Wildman–Crippen LogP) is 3.32. The van der Waals surface area contributed by atoms with Crippen molar-refractivity contribution < 1.29 is 4.74 Å². The summed E-state index contributed by atoms with van der Waals surface area (Å²) >= 11 is 0. The highest BCUT2D eigenvalue weighted by Gasteiger charge is 2.05. The van der Waals surface area contributed by atoms with Crippen molar-refractivity contribution in [2.75, 3.05) is 46.9 Å². The maximum atomic E-state index is 5.13. The Morgan fingerprint density at radius 3 is 2.55 bits per heavy atom. The van der Waals surface area contributed by atoms with Gasteiger partial charge >= 0.3 is 0 Å². The van der Waals surface area contributed by atoms with Crippen molar-refractivity contribution in [1.29, 1.82) is 0 Å². The highest BCUT2D eigenvalue weighted by atomic mass is 16.5. The number of ether oxygens (including phenoxy) is 1. The number of hydrogen-bond donors (Lipinski definition) is 1. The lowest BCUT2D eigenvalue weighted by Crippen LogP contribution is -2.25. The molecular weight excluding hydrogens is 272 g/mol. The standard InChI is InChI=1S/C19H32N2O/c1-16(2)19(15-21(4)12-13-22-5)7-6-17(3)14-18-8-10-20-11-9-18/h6-7,14,20H,1,8-13,15H2,2-5H3. The second kappa shape index (κ2) is 10.5. The van der Waals surface area contributed by atoms with Crippen molar-refractivity contribution in [3.63, 3.8) is 0 Å². The minimum atomic E-state index is 0.759. The summed E-state index contributed by atoms with van der Waals surface area (Å²) in [6.45, 7) is 13.2. The summed E-state index contributed by atoms with van der Waals surface area (Å²) < 4.78 is 5.13.